The summed E-state index contributed by atoms with van der Waals surface area (Å²) in [4.78, 5) is 27.6. The Morgan fingerprint density at radius 2 is 0.540 bits per heavy atom. The Kier molecular flexibility index (Phi) is 38.4. The van der Waals surface area contributed by atoms with Crippen molar-refractivity contribution >= 4 is 106 Å². The van der Waals surface area contributed by atoms with Crippen molar-refractivity contribution in [1.29, 1.82) is 0 Å². The predicted molar refractivity (Wildman–Crippen MR) is 350 cm³/mol. The third-order valence-electron chi connectivity index (χ3n) is 16.2. The molecule has 0 aromatic rings. The Morgan fingerprint density at radius 1 is 0.274 bits per heavy atom. The van der Waals surface area contributed by atoms with Crippen LogP contribution in [0.3, 0.4) is 0 Å². The van der Waals surface area contributed by atoms with Gasteiger partial charge in [0.15, 0.2) is 68.1 Å². The molecule has 0 bridgehead atoms. The second kappa shape index (κ2) is 43.1. The first-order valence-electron chi connectivity index (χ1n) is 32.6. The summed E-state index contributed by atoms with van der Waals surface area (Å²) in [5, 5.41) is 22.2. The topological polar surface area (TPSA) is 785 Å². The third-order valence-corrected chi connectivity index (χ3v) is 20.3. The molecule has 113 heavy (non-hydrogen) atoms. The summed E-state index contributed by atoms with van der Waals surface area (Å²) in [7, 11) is -51.6. The smallest absolute Gasteiger partial charge is 0.397 e. The molecule has 0 spiro atoms. The fourth-order valence-corrected chi connectivity index (χ4v) is 15.6. The molecule has 5 fully saturated rings. The summed E-state index contributed by atoms with van der Waals surface area (Å²) in [5.41, 5.74) is 0. The van der Waals surface area contributed by atoms with Crippen LogP contribution in [0, 0.1) is 0 Å². The van der Waals surface area contributed by atoms with E-state index in [-0.39, 0.29) is 38.5 Å². The van der Waals surface area contributed by atoms with Crippen LogP contribution in [0.5, 0.6) is 0 Å². The van der Waals surface area contributed by atoms with Crippen LogP contribution in [0.4, 0.5) is 0 Å². The molecule has 5 heterocycles. The number of aliphatic carboxylic acids is 2. The van der Waals surface area contributed by atoms with Gasteiger partial charge in [-0.25, -0.2) is 47.2 Å². The molecule has 11 N–H and O–H groups in total. The Bertz CT molecular complexity index is 4120. The first-order chi connectivity index (χ1) is 52.0. The molecule has 55 nitrogen and oxygen atoms in total. The van der Waals surface area contributed by atoms with Crippen molar-refractivity contribution < 1.29 is 245 Å². The zero-order valence-electron chi connectivity index (χ0n) is 59.3. The SMILES string of the molecule is CCCCCCCCOC1C(OS(=O)(=O)O)C(OC2C(COS(=O)(=O)O)OC(OC)C(OS(=O)(=O)O)C2OS(=O)(=O)O)OC(C(=O)O)C1OC1OC(COS(=O)(=O)O)C(OC2OC(C(=O)O)C(OC3OC(COS(=O)(=O)O)C(OC)C(OC)C3OS(=O)(=O)O)C(OCCCC)C2OCCCC)C(OS(=O)(=O)O)C1OS(=O)(=O)O. The molecule has 0 aromatic carbocycles. The normalized spacial score (nSPS) is 33.6. The Balaban J connectivity index is 1.82. The van der Waals surface area contributed by atoms with E-state index in [0.29, 0.717) is 32.8 Å². The highest BCUT2D eigenvalue weighted by atomic mass is 32.3. The van der Waals surface area contributed by atoms with E-state index in [9.17, 15) is 137 Å². The molecule has 666 valence electrons. The second-order valence-electron chi connectivity index (χ2n) is 24.2. The van der Waals surface area contributed by atoms with Crippen LogP contribution >= 0.6 is 0 Å². The van der Waals surface area contributed by atoms with Gasteiger partial charge in [-0.3, -0.25) is 41.0 Å². The van der Waals surface area contributed by atoms with E-state index in [4.69, 9.17) is 87.8 Å². The standard InChI is InChI=1S/C49H86O55S9/c1-7-10-13-14-15-16-19-85-31-33(37(44(52)53)98-49(40(31)102-111(72,73)74)94-27-24(21-88-106(57,58)59)90-45(83-6)41(103-112(75,76)77)34(27)99-108(63,64)65)96-48-42(104-113(78,79)80)35(100-109(66,67)68)28(25(92-48)22-89-107(60,61)62)93-46-38(86-18-12-9-3)30(84-17-11-8-2)32(36(97-46)43(50)51)95-47-39(101-110(69,70)71)29(82-5)26(81-4)23(91-47)20-87-105(54,55)56/h23-42,45-49H,7-22H2,1-6H3,(H,50,51)(H,52,53)(H,54,55,56)(H,57,58,59)(H,60,61,62)(H,63,64,65)(H,66,67,68)(H,69,70,71)(H,72,73,74)(H,75,76,77)(H,78,79,80). The Morgan fingerprint density at radius 3 is 0.876 bits per heavy atom. The summed E-state index contributed by atoms with van der Waals surface area (Å²) >= 11 is 0. The van der Waals surface area contributed by atoms with E-state index in [2.05, 4.69) is 20.9 Å². The zero-order valence-corrected chi connectivity index (χ0v) is 66.7. The molecule has 25 unspecified atom stereocenters. The van der Waals surface area contributed by atoms with Gasteiger partial charge in [-0.15, -0.1) is 0 Å². The van der Waals surface area contributed by atoms with Gasteiger partial charge in [-0.05, 0) is 19.3 Å². The summed E-state index contributed by atoms with van der Waals surface area (Å²) in [6, 6.07) is 0. The van der Waals surface area contributed by atoms with Gasteiger partial charge in [0.2, 0.25) is 0 Å². The number of methoxy groups -OCH3 is 3. The molecule has 0 radical (unpaired) electrons. The Labute approximate surface area is 646 Å². The van der Waals surface area contributed by atoms with Gasteiger partial charge in [0.25, 0.3) is 0 Å². The lowest BCUT2D eigenvalue weighted by molar-refractivity contribution is -0.387. The molecular formula is C49H86O55S9. The predicted octanol–water partition coefficient (Wildman–Crippen LogP) is -4.30. The minimum Gasteiger partial charge on any atom is -0.479 e. The summed E-state index contributed by atoms with van der Waals surface area (Å²) in [6.45, 7) is -1.87. The lowest BCUT2D eigenvalue weighted by Gasteiger charge is -2.51. The lowest BCUT2D eigenvalue weighted by atomic mass is 9.94. The first-order valence-corrected chi connectivity index (χ1v) is 44.9. The fourth-order valence-electron chi connectivity index (χ4n) is 11.8. The van der Waals surface area contributed by atoms with Crippen molar-refractivity contribution in [3.8, 4) is 0 Å². The van der Waals surface area contributed by atoms with Gasteiger partial charge >= 0.3 is 106 Å². The van der Waals surface area contributed by atoms with Crippen LogP contribution in [0.1, 0.15) is 85.0 Å². The molecule has 0 saturated carbocycles. The number of carbonyl (C=O) groups is 2. The number of rotatable bonds is 50. The monoisotopic (exact) mass is 1840 g/mol. The molecular weight excluding hydrogens is 1760 g/mol. The first kappa shape index (κ1) is 101. The molecule has 64 heteroatoms. The van der Waals surface area contributed by atoms with E-state index < -0.39 is 299 Å². The van der Waals surface area contributed by atoms with Crippen molar-refractivity contribution in [1.82, 2.24) is 0 Å². The quantitative estimate of drug-likeness (QED) is 0.0203. The number of hydrogen-bond acceptors (Lipinski definition) is 44. The average Bonchev–Trinajstić information content (AvgIpc) is 0.760. The molecule has 5 rings (SSSR count). The van der Waals surface area contributed by atoms with Crippen LogP contribution in [0.25, 0.3) is 0 Å². The highest BCUT2D eigenvalue weighted by Crippen LogP contribution is 2.42. The van der Waals surface area contributed by atoms with E-state index in [1.54, 1.807) is 13.8 Å². The minimum absolute atomic E-state index is 0.00395. The maximum absolute atomic E-state index is 13.8. The van der Waals surface area contributed by atoms with Gasteiger partial charge in [0.05, 0.1) is 19.8 Å². The van der Waals surface area contributed by atoms with Crippen molar-refractivity contribution in [2.24, 2.45) is 0 Å². The molecule has 5 aliphatic rings. The molecule has 5 aliphatic heterocycles. The number of ether oxygens (including phenoxy) is 15. The maximum atomic E-state index is 13.8. The Hall–Kier alpha value is -2.83. The average molecular weight is 1840 g/mol. The van der Waals surface area contributed by atoms with E-state index in [1.807, 2.05) is 6.92 Å². The third kappa shape index (κ3) is 33.3. The highest BCUT2D eigenvalue weighted by Gasteiger charge is 2.64. The van der Waals surface area contributed by atoms with E-state index in [0.717, 1.165) is 14.2 Å². The number of carboxylic acids is 2. The molecule has 0 amide bonds. The number of carboxylic acid groups (broad SMARTS) is 2. The second-order valence-corrected chi connectivity index (χ2v) is 33.8. The molecule has 5 saturated heterocycles. The molecule has 0 aromatic heterocycles. The van der Waals surface area contributed by atoms with Crippen molar-refractivity contribution in [3.63, 3.8) is 0 Å². The van der Waals surface area contributed by atoms with Crippen LogP contribution in [-0.4, -0.2) is 353 Å². The van der Waals surface area contributed by atoms with Gasteiger partial charge in [-0.2, -0.15) is 75.8 Å². The summed E-state index contributed by atoms with van der Waals surface area (Å²) < 4.78 is 445. The van der Waals surface area contributed by atoms with Crippen LogP contribution < -0.4 is 0 Å². The van der Waals surface area contributed by atoms with Crippen molar-refractivity contribution in [3.05, 3.63) is 0 Å². The largest absolute Gasteiger partial charge is 0.479 e. The summed E-state index contributed by atoms with van der Waals surface area (Å²) in [6.07, 6.45) is -66.0. The zero-order chi connectivity index (χ0) is 85.4. The highest BCUT2D eigenvalue weighted by molar-refractivity contribution is 7.82. The van der Waals surface area contributed by atoms with Crippen molar-refractivity contribution in [2.45, 2.75) is 239 Å². The van der Waals surface area contributed by atoms with Crippen LogP contribution in [0.15, 0.2) is 0 Å². The van der Waals surface area contributed by atoms with E-state index in [1.165, 1.54) is 0 Å². The van der Waals surface area contributed by atoms with Crippen molar-refractivity contribution in [2.75, 3.05) is 61.0 Å². The molecule has 25 atom stereocenters. The maximum Gasteiger partial charge on any atom is 0.397 e. The minimum atomic E-state index is -6.42. The van der Waals surface area contributed by atoms with Gasteiger partial charge in [0.1, 0.15) is 85.5 Å². The van der Waals surface area contributed by atoms with Crippen LogP contribution in [-0.2, 0) is 212 Å². The van der Waals surface area contributed by atoms with Gasteiger partial charge in [-0.1, -0.05) is 65.7 Å². The summed E-state index contributed by atoms with van der Waals surface area (Å²) in [5.74, 6) is -4.69. The van der Waals surface area contributed by atoms with Crippen LogP contribution in [0.2, 0.25) is 0 Å². The molecule has 0 aliphatic carbocycles. The van der Waals surface area contributed by atoms with E-state index >= 15 is 0 Å². The fraction of sp³-hybridized carbons (Fsp3) is 0.959. The number of unbranched alkanes of at least 4 members (excludes halogenated alkanes) is 7. The van der Waals surface area contributed by atoms with Gasteiger partial charge < -0.3 is 81.3 Å². The lowest BCUT2D eigenvalue weighted by Crippen LogP contribution is -2.70. The van der Waals surface area contributed by atoms with Gasteiger partial charge in [0, 0.05) is 41.2 Å². The number of hydrogen-bond donors (Lipinski definition) is 11.